The summed E-state index contributed by atoms with van der Waals surface area (Å²) in [5.41, 5.74) is -0.0525. The van der Waals surface area contributed by atoms with E-state index in [1.165, 1.54) is 89.9 Å². The molecule has 0 aromatic heterocycles. The Balaban J connectivity index is 2.46. The molecule has 1 rings (SSSR count). The summed E-state index contributed by atoms with van der Waals surface area (Å²) in [4.78, 5) is 12.4. The molecule has 0 aromatic rings. The maximum absolute atomic E-state index is 12.4. The molecule has 4 nitrogen and oxygen atoms in total. The Bertz CT molecular complexity index is 369. The molecule has 1 unspecified atom stereocenters. The lowest BCUT2D eigenvalue weighted by Crippen LogP contribution is -3.10. The van der Waals surface area contributed by atoms with Crippen molar-refractivity contribution in [1.29, 1.82) is 0 Å². The number of unbranched alkanes of at least 4 members (excludes halogenated alkanes) is 12. The van der Waals surface area contributed by atoms with Crippen molar-refractivity contribution in [2.75, 3.05) is 19.8 Å². The van der Waals surface area contributed by atoms with Crippen molar-refractivity contribution >= 4 is 5.78 Å². The Labute approximate surface area is 174 Å². The first-order chi connectivity index (χ1) is 13.6. The molecule has 1 saturated heterocycles. The van der Waals surface area contributed by atoms with Gasteiger partial charge in [0, 0.05) is 11.8 Å². The number of rotatable bonds is 16. The standard InChI is InChI=1S/C24H48N2O2/c1-3-5-7-9-11-13-15-17-24(18-16-14-12-10-8-6-4-2)19-23(27)20-25-22-26(28)21-24/h25-26H,3-22H2,1-2H3. The van der Waals surface area contributed by atoms with Gasteiger partial charge < -0.3 is 10.3 Å². The van der Waals surface area contributed by atoms with E-state index in [4.69, 9.17) is 0 Å². The highest BCUT2D eigenvalue weighted by Crippen LogP contribution is 2.35. The van der Waals surface area contributed by atoms with Crippen molar-refractivity contribution in [1.82, 2.24) is 5.32 Å². The molecule has 0 aromatic carbocycles. The molecule has 1 heterocycles. The van der Waals surface area contributed by atoms with E-state index >= 15 is 0 Å². The van der Waals surface area contributed by atoms with Gasteiger partial charge in [-0.3, -0.25) is 10.1 Å². The SMILES string of the molecule is CCCCCCCCCC1(CCCCCCCCC)CC(=O)CNC[NH+]([O-])C1. The van der Waals surface area contributed by atoms with Gasteiger partial charge in [-0.1, -0.05) is 104 Å². The first-order valence-corrected chi connectivity index (χ1v) is 12.4. The number of nitrogens with one attached hydrogen (secondary N) is 2. The average molecular weight is 397 g/mol. The fourth-order valence-electron chi connectivity index (χ4n) is 4.76. The average Bonchev–Trinajstić information content (AvgIpc) is 2.65. The molecule has 0 spiro atoms. The second-order valence-corrected chi connectivity index (χ2v) is 9.28. The van der Waals surface area contributed by atoms with Gasteiger partial charge in [0.2, 0.25) is 0 Å². The number of quaternary nitrogens is 1. The maximum Gasteiger partial charge on any atom is 0.147 e. The van der Waals surface area contributed by atoms with Gasteiger partial charge >= 0.3 is 0 Å². The van der Waals surface area contributed by atoms with Gasteiger partial charge in [-0.2, -0.15) is 0 Å². The normalized spacial score (nSPS) is 20.1. The van der Waals surface area contributed by atoms with Crippen molar-refractivity contribution in [3.63, 3.8) is 0 Å². The number of hydrogen-bond acceptors (Lipinski definition) is 3. The van der Waals surface area contributed by atoms with E-state index in [0.29, 0.717) is 37.0 Å². The number of ketones is 1. The van der Waals surface area contributed by atoms with Crippen molar-refractivity contribution in [2.24, 2.45) is 5.41 Å². The van der Waals surface area contributed by atoms with Crippen LogP contribution in [-0.2, 0) is 4.79 Å². The largest absolute Gasteiger partial charge is 0.633 e. The van der Waals surface area contributed by atoms with Crippen molar-refractivity contribution in [2.45, 2.75) is 123 Å². The zero-order valence-corrected chi connectivity index (χ0v) is 19.0. The molecule has 0 radical (unpaired) electrons. The highest BCUT2D eigenvalue weighted by Gasteiger charge is 2.35. The van der Waals surface area contributed by atoms with Gasteiger partial charge in [0.05, 0.1) is 13.1 Å². The Morgan fingerprint density at radius 2 is 1.29 bits per heavy atom. The summed E-state index contributed by atoms with van der Waals surface area (Å²) in [6.07, 6.45) is 20.8. The van der Waals surface area contributed by atoms with Crippen LogP contribution < -0.4 is 10.4 Å². The van der Waals surface area contributed by atoms with Crippen LogP contribution in [0.1, 0.15) is 123 Å². The van der Waals surface area contributed by atoms with E-state index < -0.39 is 0 Å². The van der Waals surface area contributed by atoms with Crippen LogP contribution in [0.15, 0.2) is 0 Å². The van der Waals surface area contributed by atoms with Crippen LogP contribution in [0.25, 0.3) is 0 Å². The van der Waals surface area contributed by atoms with Gasteiger partial charge in [-0.05, 0) is 12.8 Å². The van der Waals surface area contributed by atoms with E-state index in [2.05, 4.69) is 19.2 Å². The minimum absolute atomic E-state index is 0.0525. The molecule has 4 heteroatoms. The minimum Gasteiger partial charge on any atom is -0.633 e. The van der Waals surface area contributed by atoms with Crippen LogP contribution >= 0.6 is 0 Å². The summed E-state index contributed by atoms with van der Waals surface area (Å²) >= 11 is 0. The van der Waals surface area contributed by atoms with Gasteiger partial charge in [0.1, 0.15) is 12.5 Å². The molecule has 0 saturated carbocycles. The Kier molecular flexibility index (Phi) is 14.9. The zero-order valence-electron chi connectivity index (χ0n) is 19.0. The molecule has 1 aliphatic rings. The smallest absolute Gasteiger partial charge is 0.147 e. The third-order valence-electron chi connectivity index (χ3n) is 6.41. The number of carbonyl (C=O) groups excluding carboxylic acids is 1. The topological polar surface area (TPSA) is 56.6 Å². The number of Topliss-reactive ketones (excluding diaryl/α,β-unsaturated/α-hetero) is 1. The van der Waals surface area contributed by atoms with E-state index in [1.54, 1.807) is 0 Å². The Hall–Kier alpha value is -0.450. The number of hydrogen-bond donors (Lipinski definition) is 2. The highest BCUT2D eigenvalue weighted by atomic mass is 16.5. The molecule has 0 aliphatic carbocycles. The van der Waals surface area contributed by atoms with E-state index in [9.17, 15) is 10.0 Å². The second kappa shape index (κ2) is 16.4. The summed E-state index contributed by atoms with van der Waals surface area (Å²) in [6, 6.07) is 0. The maximum atomic E-state index is 12.4. The van der Waals surface area contributed by atoms with Crippen LogP contribution in [0.3, 0.4) is 0 Å². The lowest BCUT2D eigenvalue weighted by Gasteiger charge is -2.39. The fraction of sp³-hybridized carbons (Fsp3) is 0.958. The Morgan fingerprint density at radius 3 is 1.79 bits per heavy atom. The second-order valence-electron chi connectivity index (χ2n) is 9.28. The third-order valence-corrected chi connectivity index (χ3v) is 6.41. The monoisotopic (exact) mass is 396 g/mol. The highest BCUT2D eigenvalue weighted by molar-refractivity contribution is 5.81. The zero-order chi connectivity index (χ0) is 20.5. The minimum atomic E-state index is -0.0525. The predicted octanol–water partition coefficient (Wildman–Crippen LogP) is 5.16. The Morgan fingerprint density at radius 1 is 0.821 bits per heavy atom. The number of hydroxylamine groups is 2. The molecular weight excluding hydrogens is 348 g/mol. The lowest BCUT2D eigenvalue weighted by molar-refractivity contribution is -0.859. The van der Waals surface area contributed by atoms with Gasteiger partial charge in [0.15, 0.2) is 0 Å². The summed E-state index contributed by atoms with van der Waals surface area (Å²) in [5.74, 6) is 0.304. The molecule has 2 N–H and O–H groups in total. The van der Waals surface area contributed by atoms with Gasteiger partial charge in [-0.25, -0.2) is 0 Å². The van der Waals surface area contributed by atoms with Crippen LogP contribution in [0, 0.1) is 10.6 Å². The molecular formula is C24H48N2O2. The van der Waals surface area contributed by atoms with Gasteiger partial charge in [0.25, 0.3) is 0 Å². The van der Waals surface area contributed by atoms with Crippen molar-refractivity contribution in [3.8, 4) is 0 Å². The van der Waals surface area contributed by atoms with Crippen LogP contribution in [-0.4, -0.2) is 25.5 Å². The molecule has 166 valence electrons. The molecule has 0 bridgehead atoms. The molecule has 28 heavy (non-hydrogen) atoms. The molecule has 0 amide bonds. The lowest BCUT2D eigenvalue weighted by atomic mass is 9.73. The van der Waals surface area contributed by atoms with Crippen LogP contribution in [0.2, 0.25) is 0 Å². The van der Waals surface area contributed by atoms with Crippen molar-refractivity contribution < 1.29 is 9.86 Å². The van der Waals surface area contributed by atoms with E-state index in [1.807, 2.05) is 0 Å². The van der Waals surface area contributed by atoms with Crippen LogP contribution in [0.5, 0.6) is 0 Å². The quantitative estimate of drug-likeness (QED) is 0.280. The van der Waals surface area contributed by atoms with E-state index in [0.717, 1.165) is 12.8 Å². The molecule has 1 aliphatic heterocycles. The summed E-state index contributed by atoms with van der Waals surface area (Å²) in [6.45, 7) is 5.87. The number of carbonyl (C=O) groups is 1. The summed E-state index contributed by atoms with van der Waals surface area (Å²) < 4.78 is 0. The molecule has 1 fully saturated rings. The predicted molar refractivity (Wildman–Crippen MR) is 119 cm³/mol. The van der Waals surface area contributed by atoms with Gasteiger partial charge in [-0.15, -0.1) is 0 Å². The van der Waals surface area contributed by atoms with E-state index in [-0.39, 0.29) is 5.41 Å². The molecule has 1 atom stereocenters. The first-order valence-electron chi connectivity index (χ1n) is 12.4. The fourth-order valence-corrected chi connectivity index (χ4v) is 4.76. The third kappa shape index (κ3) is 12.2. The van der Waals surface area contributed by atoms with Crippen LogP contribution in [0.4, 0.5) is 0 Å². The first kappa shape index (κ1) is 25.6. The summed E-state index contributed by atoms with van der Waals surface area (Å²) in [7, 11) is 0. The summed E-state index contributed by atoms with van der Waals surface area (Å²) in [5, 5.41) is 15.7. The van der Waals surface area contributed by atoms with Crippen molar-refractivity contribution in [3.05, 3.63) is 5.21 Å².